The fraction of sp³-hybridized carbons (Fsp3) is 0.214. The lowest BCUT2D eigenvalue weighted by Gasteiger charge is -2.15. The fourth-order valence-electron chi connectivity index (χ4n) is 1.92. The zero-order chi connectivity index (χ0) is 11.2. The average Bonchev–Trinajstić information content (AvgIpc) is 2.38. The summed E-state index contributed by atoms with van der Waals surface area (Å²) in [6.07, 6.45) is 2.77. The Balaban J connectivity index is 2.31. The van der Waals surface area contributed by atoms with Crippen molar-refractivity contribution in [3.8, 4) is 0 Å². The van der Waals surface area contributed by atoms with Crippen LogP contribution < -0.4 is 5.73 Å². The number of nitrogens with two attached hydrogens (primary N) is 1. The average molecular weight is 212 g/mol. The third kappa shape index (κ3) is 2.47. The molecule has 0 aliphatic carbocycles. The molecule has 0 aliphatic rings. The summed E-state index contributed by atoms with van der Waals surface area (Å²) in [4.78, 5) is 4.42. The van der Waals surface area contributed by atoms with Crippen LogP contribution in [0.4, 0.5) is 0 Å². The Morgan fingerprint density at radius 1 is 1.00 bits per heavy atom. The van der Waals surface area contributed by atoms with Gasteiger partial charge in [0.15, 0.2) is 0 Å². The predicted octanol–water partition coefficient (Wildman–Crippen LogP) is 2.56. The zero-order valence-electron chi connectivity index (χ0n) is 9.21. The molecular weight excluding hydrogens is 196 g/mol. The highest BCUT2D eigenvalue weighted by atomic mass is 14.7. The fourth-order valence-corrected chi connectivity index (χ4v) is 1.92. The smallest absolute Gasteiger partial charge is 0.0478 e. The summed E-state index contributed by atoms with van der Waals surface area (Å²) in [5, 5.41) is 0. The van der Waals surface area contributed by atoms with Gasteiger partial charge < -0.3 is 5.73 Å². The van der Waals surface area contributed by atoms with E-state index in [4.69, 9.17) is 5.73 Å². The number of hydrogen-bond acceptors (Lipinski definition) is 2. The monoisotopic (exact) mass is 212 g/mol. The molecule has 1 heterocycles. The minimum atomic E-state index is 0.312. The van der Waals surface area contributed by atoms with Crippen LogP contribution in [0.2, 0.25) is 0 Å². The summed E-state index contributed by atoms with van der Waals surface area (Å²) in [6.45, 7) is 0.677. The minimum Gasteiger partial charge on any atom is -0.330 e. The highest BCUT2D eigenvalue weighted by Crippen LogP contribution is 2.25. The third-order valence-corrected chi connectivity index (χ3v) is 2.70. The van der Waals surface area contributed by atoms with Crippen molar-refractivity contribution < 1.29 is 0 Å². The molecule has 0 radical (unpaired) electrons. The molecule has 2 N–H and O–H groups in total. The molecule has 0 unspecified atom stereocenters. The first-order chi connectivity index (χ1) is 7.92. The van der Waals surface area contributed by atoms with Crippen molar-refractivity contribution in [1.82, 2.24) is 4.98 Å². The lowest BCUT2D eigenvalue weighted by Crippen LogP contribution is -2.09. The number of aromatic nitrogens is 1. The summed E-state index contributed by atoms with van der Waals surface area (Å²) in [6, 6.07) is 16.4. The summed E-state index contributed by atoms with van der Waals surface area (Å²) < 4.78 is 0. The standard InChI is InChI=1S/C14H16N2/c15-10-9-13(12-6-2-1-3-7-12)14-8-4-5-11-16-14/h1-8,11,13H,9-10,15H2/t13-/m1/s1. The second-order valence-corrected chi connectivity index (χ2v) is 3.80. The first-order valence-electron chi connectivity index (χ1n) is 5.58. The molecular formula is C14H16N2. The summed E-state index contributed by atoms with van der Waals surface area (Å²) >= 11 is 0. The second-order valence-electron chi connectivity index (χ2n) is 3.80. The Bertz CT molecular complexity index is 372. The van der Waals surface area contributed by atoms with Crippen LogP contribution in [0.15, 0.2) is 54.7 Å². The molecule has 0 saturated heterocycles. The van der Waals surface area contributed by atoms with Gasteiger partial charge in [0, 0.05) is 17.8 Å². The SMILES string of the molecule is NCC[C@H](c1ccccc1)c1ccccn1. The van der Waals surface area contributed by atoms with Crippen molar-refractivity contribution in [3.05, 3.63) is 66.0 Å². The molecule has 2 rings (SSSR count). The van der Waals surface area contributed by atoms with E-state index >= 15 is 0 Å². The van der Waals surface area contributed by atoms with Gasteiger partial charge in [0.1, 0.15) is 0 Å². The van der Waals surface area contributed by atoms with Gasteiger partial charge in [-0.15, -0.1) is 0 Å². The molecule has 0 amide bonds. The molecule has 2 heteroatoms. The van der Waals surface area contributed by atoms with E-state index in [0.29, 0.717) is 12.5 Å². The second kappa shape index (κ2) is 5.42. The van der Waals surface area contributed by atoms with Crippen molar-refractivity contribution in [2.75, 3.05) is 6.54 Å². The molecule has 1 atom stereocenters. The molecule has 1 aromatic carbocycles. The van der Waals surface area contributed by atoms with Gasteiger partial charge in [-0.25, -0.2) is 0 Å². The van der Waals surface area contributed by atoms with E-state index in [1.807, 2.05) is 24.4 Å². The molecule has 0 aliphatic heterocycles. The van der Waals surface area contributed by atoms with Gasteiger partial charge in [-0.3, -0.25) is 4.98 Å². The van der Waals surface area contributed by atoms with Gasteiger partial charge in [0.25, 0.3) is 0 Å². The summed E-state index contributed by atoms with van der Waals surface area (Å²) in [7, 11) is 0. The third-order valence-electron chi connectivity index (χ3n) is 2.70. The molecule has 0 spiro atoms. The van der Waals surface area contributed by atoms with Crippen molar-refractivity contribution in [3.63, 3.8) is 0 Å². The van der Waals surface area contributed by atoms with E-state index in [9.17, 15) is 0 Å². The maximum Gasteiger partial charge on any atom is 0.0478 e. The zero-order valence-corrected chi connectivity index (χ0v) is 9.21. The van der Waals surface area contributed by atoms with Gasteiger partial charge in [-0.05, 0) is 30.7 Å². The maximum atomic E-state index is 5.68. The molecule has 82 valence electrons. The van der Waals surface area contributed by atoms with Crippen molar-refractivity contribution in [1.29, 1.82) is 0 Å². The Kier molecular flexibility index (Phi) is 3.67. The lowest BCUT2D eigenvalue weighted by atomic mass is 9.92. The molecule has 2 aromatic rings. The number of hydrogen-bond donors (Lipinski definition) is 1. The largest absolute Gasteiger partial charge is 0.330 e. The molecule has 0 fully saturated rings. The Morgan fingerprint density at radius 2 is 1.75 bits per heavy atom. The van der Waals surface area contributed by atoms with Crippen LogP contribution in [0.5, 0.6) is 0 Å². The van der Waals surface area contributed by atoms with Crippen LogP contribution in [-0.4, -0.2) is 11.5 Å². The summed E-state index contributed by atoms with van der Waals surface area (Å²) in [5.74, 6) is 0.312. The van der Waals surface area contributed by atoms with E-state index in [1.54, 1.807) is 0 Å². The Morgan fingerprint density at radius 3 is 2.38 bits per heavy atom. The Hall–Kier alpha value is -1.67. The van der Waals surface area contributed by atoms with E-state index in [1.165, 1.54) is 5.56 Å². The number of pyridine rings is 1. The Labute approximate surface area is 96.1 Å². The van der Waals surface area contributed by atoms with Gasteiger partial charge in [-0.2, -0.15) is 0 Å². The molecule has 0 bridgehead atoms. The lowest BCUT2D eigenvalue weighted by molar-refractivity contribution is 0.706. The van der Waals surface area contributed by atoms with Crippen LogP contribution in [0, 0.1) is 0 Å². The van der Waals surface area contributed by atoms with Gasteiger partial charge in [-0.1, -0.05) is 36.4 Å². The number of benzene rings is 1. The first-order valence-corrected chi connectivity index (χ1v) is 5.58. The topological polar surface area (TPSA) is 38.9 Å². The van der Waals surface area contributed by atoms with E-state index in [2.05, 4.69) is 35.3 Å². The highest BCUT2D eigenvalue weighted by Gasteiger charge is 2.13. The van der Waals surface area contributed by atoms with E-state index < -0.39 is 0 Å². The number of rotatable bonds is 4. The van der Waals surface area contributed by atoms with Gasteiger partial charge in [0.05, 0.1) is 0 Å². The van der Waals surface area contributed by atoms with Crippen molar-refractivity contribution in [2.24, 2.45) is 5.73 Å². The molecule has 16 heavy (non-hydrogen) atoms. The van der Waals surface area contributed by atoms with E-state index in [0.717, 1.165) is 12.1 Å². The highest BCUT2D eigenvalue weighted by molar-refractivity contribution is 5.28. The van der Waals surface area contributed by atoms with Gasteiger partial charge >= 0.3 is 0 Å². The minimum absolute atomic E-state index is 0.312. The predicted molar refractivity (Wildman–Crippen MR) is 66.2 cm³/mol. The maximum absolute atomic E-state index is 5.68. The van der Waals surface area contributed by atoms with Crippen LogP contribution in [0.25, 0.3) is 0 Å². The van der Waals surface area contributed by atoms with Gasteiger partial charge in [0.2, 0.25) is 0 Å². The van der Waals surface area contributed by atoms with Crippen LogP contribution in [0.3, 0.4) is 0 Å². The van der Waals surface area contributed by atoms with Crippen LogP contribution in [0.1, 0.15) is 23.6 Å². The number of nitrogens with zero attached hydrogens (tertiary/aromatic N) is 1. The first kappa shape index (κ1) is 10.8. The van der Waals surface area contributed by atoms with Crippen molar-refractivity contribution >= 4 is 0 Å². The van der Waals surface area contributed by atoms with Crippen LogP contribution >= 0.6 is 0 Å². The van der Waals surface area contributed by atoms with Crippen LogP contribution in [-0.2, 0) is 0 Å². The molecule has 0 saturated carbocycles. The normalized spacial score (nSPS) is 12.3. The van der Waals surface area contributed by atoms with Crippen molar-refractivity contribution in [2.45, 2.75) is 12.3 Å². The molecule has 2 nitrogen and oxygen atoms in total. The molecule has 1 aromatic heterocycles. The quantitative estimate of drug-likeness (QED) is 0.846. The summed E-state index contributed by atoms with van der Waals surface area (Å²) in [5.41, 5.74) is 8.06. The van der Waals surface area contributed by atoms with E-state index in [-0.39, 0.29) is 0 Å².